The third kappa shape index (κ3) is 0.850. The van der Waals surface area contributed by atoms with Gasteiger partial charge in [0, 0.05) is 6.42 Å². The van der Waals surface area contributed by atoms with E-state index in [9.17, 15) is 0 Å². The summed E-state index contributed by atoms with van der Waals surface area (Å²) in [4.78, 5) is 0. The van der Waals surface area contributed by atoms with Gasteiger partial charge in [-0.2, -0.15) is 10.5 Å². The molecule has 0 amide bonds. The normalized spacial score (nSPS) is 42.5. The highest BCUT2D eigenvalue weighted by Crippen LogP contribution is 2.48. The van der Waals surface area contributed by atoms with Gasteiger partial charge in [0.15, 0.2) is 0 Å². The molecule has 0 saturated heterocycles. The minimum atomic E-state index is 0.111. The molecule has 0 N–H and O–H groups in total. The predicted molar refractivity (Wildman–Crippen MR) is 43.6 cm³/mol. The Morgan fingerprint density at radius 3 is 2.67 bits per heavy atom. The van der Waals surface area contributed by atoms with E-state index in [1.54, 1.807) is 0 Å². The minimum absolute atomic E-state index is 0.111. The summed E-state index contributed by atoms with van der Waals surface area (Å²) >= 11 is 0. The number of nitriles is 2. The van der Waals surface area contributed by atoms with Crippen molar-refractivity contribution in [1.82, 2.24) is 0 Å². The molecule has 4 atom stereocenters. The zero-order valence-electron chi connectivity index (χ0n) is 6.77. The summed E-state index contributed by atoms with van der Waals surface area (Å²) < 4.78 is 0. The SMILES string of the molecule is N#CCC1C2C=CC(C2)C1C#N. The smallest absolute Gasteiger partial charge is 0.0665 e. The molecule has 0 aliphatic heterocycles. The molecule has 1 fully saturated rings. The van der Waals surface area contributed by atoms with Crippen LogP contribution in [-0.2, 0) is 0 Å². The Labute approximate surface area is 72.1 Å². The van der Waals surface area contributed by atoms with Crippen molar-refractivity contribution in [1.29, 1.82) is 10.5 Å². The topological polar surface area (TPSA) is 47.6 Å². The van der Waals surface area contributed by atoms with Gasteiger partial charge in [0.25, 0.3) is 0 Å². The van der Waals surface area contributed by atoms with Crippen molar-refractivity contribution in [3.05, 3.63) is 12.2 Å². The first-order chi connectivity index (χ1) is 5.86. The Hall–Kier alpha value is -1.28. The van der Waals surface area contributed by atoms with Crippen LogP contribution in [-0.4, -0.2) is 0 Å². The van der Waals surface area contributed by atoms with Crippen LogP contribution in [0, 0.1) is 46.3 Å². The van der Waals surface area contributed by atoms with E-state index in [0.29, 0.717) is 24.2 Å². The Kier molecular flexibility index (Phi) is 1.62. The first kappa shape index (κ1) is 7.37. The number of rotatable bonds is 1. The number of fused-ring (bicyclic) bond motifs is 2. The largest absolute Gasteiger partial charge is 0.198 e. The van der Waals surface area contributed by atoms with E-state index in [4.69, 9.17) is 10.5 Å². The van der Waals surface area contributed by atoms with E-state index in [1.807, 2.05) is 0 Å². The van der Waals surface area contributed by atoms with Gasteiger partial charge in [-0.1, -0.05) is 12.2 Å². The standard InChI is InChI=1S/C10H10N2/c11-4-3-9-7-1-2-8(5-7)10(9)6-12/h1-2,7-10H,3,5H2. The molecule has 2 nitrogen and oxygen atoms in total. The minimum Gasteiger partial charge on any atom is -0.198 e. The van der Waals surface area contributed by atoms with Crippen molar-refractivity contribution in [2.24, 2.45) is 23.7 Å². The molecule has 1 saturated carbocycles. The van der Waals surface area contributed by atoms with Gasteiger partial charge in [-0.25, -0.2) is 0 Å². The molecule has 0 aromatic rings. The number of hydrogen-bond donors (Lipinski definition) is 0. The molecule has 12 heavy (non-hydrogen) atoms. The average Bonchev–Trinajstić information content (AvgIpc) is 2.64. The fourth-order valence-electron chi connectivity index (χ4n) is 2.50. The van der Waals surface area contributed by atoms with Crippen LogP contribution in [0.15, 0.2) is 12.2 Å². The number of allylic oxidation sites excluding steroid dienone is 2. The summed E-state index contributed by atoms with van der Waals surface area (Å²) in [5.41, 5.74) is 0. The van der Waals surface area contributed by atoms with E-state index in [2.05, 4.69) is 24.3 Å². The molecule has 0 aromatic heterocycles. The second kappa shape index (κ2) is 2.64. The molecule has 60 valence electrons. The lowest BCUT2D eigenvalue weighted by Gasteiger charge is -2.19. The number of hydrogen-bond acceptors (Lipinski definition) is 2. The molecule has 2 rings (SSSR count). The van der Waals surface area contributed by atoms with Gasteiger partial charge in [0.05, 0.1) is 18.1 Å². The molecule has 4 unspecified atom stereocenters. The lowest BCUT2D eigenvalue weighted by atomic mass is 9.82. The van der Waals surface area contributed by atoms with E-state index in [-0.39, 0.29) is 5.92 Å². The average molecular weight is 158 g/mol. The third-order valence-corrected chi connectivity index (χ3v) is 3.10. The van der Waals surface area contributed by atoms with Crippen molar-refractivity contribution < 1.29 is 0 Å². The molecule has 2 aliphatic rings. The van der Waals surface area contributed by atoms with Crippen LogP contribution in [0.2, 0.25) is 0 Å². The van der Waals surface area contributed by atoms with E-state index >= 15 is 0 Å². The highest BCUT2D eigenvalue weighted by Gasteiger charge is 2.44. The van der Waals surface area contributed by atoms with Gasteiger partial charge in [-0.3, -0.25) is 0 Å². The van der Waals surface area contributed by atoms with Gasteiger partial charge in [0.1, 0.15) is 0 Å². The molecular weight excluding hydrogens is 148 g/mol. The van der Waals surface area contributed by atoms with Crippen LogP contribution < -0.4 is 0 Å². The Morgan fingerprint density at radius 2 is 2.00 bits per heavy atom. The summed E-state index contributed by atoms with van der Waals surface area (Å²) in [5, 5.41) is 17.5. The van der Waals surface area contributed by atoms with Gasteiger partial charge in [-0.05, 0) is 24.2 Å². The molecule has 0 radical (unpaired) electrons. The molecule has 2 aliphatic carbocycles. The molecular formula is C10H10N2. The van der Waals surface area contributed by atoms with E-state index in [0.717, 1.165) is 6.42 Å². The highest BCUT2D eigenvalue weighted by atomic mass is 14.5. The summed E-state index contributed by atoms with van der Waals surface area (Å²) in [6, 6.07) is 4.50. The zero-order valence-corrected chi connectivity index (χ0v) is 6.77. The summed E-state index contributed by atoms with van der Waals surface area (Å²) in [6.45, 7) is 0. The van der Waals surface area contributed by atoms with Gasteiger partial charge >= 0.3 is 0 Å². The van der Waals surface area contributed by atoms with Crippen molar-refractivity contribution >= 4 is 0 Å². The Bertz CT molecular complexity index is 292. The Morgan fingerprint density at radius 1 is 1.25 bits per heavy atom. The van der Waals surface area contributed by atoms with Crippen LogP contribution in [0.5, 0.6) is 0 Å². The van der Waals surface area contributed by atoms with Crippen LogP contribution in [0.1, 0.15) is 12.8 Å². The molecule has 0 heterocycles. The summed E-state index contributed by atoms with van der Waals surface area (Å²) in [7, 11) is 0. The highest BCUT2D eigenvalue weighted by molar-refractivity contribution is 5.19. The first-order valence-electron chi connectivity index (χ1n) is 4.31. The molecule has 0 aromatic carbocycles. The fraction of sp³-hybridized carbons (Fsp3) is 0.600. The maximum atomic E-state index is 8.89. The third-order valence-electron chi connectivity index (χ3n) is 3.10. The monoisotopic (exact) mass is 158 g/mol. The van der Waals surface area contributed by atoms with Crippen molar-refractivity contribution in [2.45, 2.75) is 12.8 Å². The molecule has 2 bridgehead atoms. The summed E-state index contributed by atoms with van der Waals surface area (Å²) in [5.74, 6) is 1.38. The lowest BCUT2D eigenvalue weighted by molar-refractivity contribution is 0.384. The van der Waals surface area contributed by atoms with Gasteiger partial charge < -0.3 is 0 Å². The van der Waals surface area contributed by atoms with Crippen LogP contribution >= 0.6 is 0 Å². The Balaban J connectivity index is 2.20. The van der Waals surface area contributed by atoms with Crippen molar-refractivity contribution in [3.63, 3.8) is 0 Å². The quantitative estimate of drug-likeness (QED) is 0.547. The first-order valence-corrected chi connectivity index (χ1v) is 4.31. The van der Waals surface area contributed by atoms with Crippen molar-refractivity contribution in [3.8, 4) is 12.1 Å². The van der Waals surface area contributed by atoms with Gasteiger partial charge in [-0.15, -0.1) is 0 Å². The van der Waals surface area contributed by atoms with E-state index in [1.165, 1.54) is 0 Å². The fourth-order valence-corrected chi connectivity index (χ4v) is 2.50. The second-order valence-electron chi connectivity index (χ2n) is 3.63. The van der Waals surface area contributed by atoms with Crippen LogP contribution in [0.3, 0.4) is 0 Å². The molecule has 0 spiro atoms. The summed E-state index contributed by atoms with van der Waals surface area (Å²) in [6.07, 6.45) is 5.97. The predicted octanol–water partition coefficient (Wildman–Crippen LogP) is 1.86. The maximum absolute atomic E-state index is 8.89. The lowest BCUT2D eigenvalue weighted by Crippen LogP contribution is -2.17. The number of nitrogens with zero attached hydrogens (tertiary/aromatic N) is 2. The molecule has 2 heteroatoms. The second-order valence-corrected chi connectivity index (χ2v) is 3.63. The van der Waals surface area contributed by atoms with Crippen LogP contribution in [0.25, 0.3) is 0 Å². The van der Waals surface area contributed by atoms with E-state index < -0.39 is 0 Å². The zero-order chi connectivity index (χ0) is 8.55. The van der Waals surface area contributed by atoms with Crippen molar-refractivity contribution in [2.75, 3.05) is 0 Å². The maximum Gasteiger partial charge on any atom is 0.0665 e. The van der Waals surface area contributed by atoms with Crippen LogP contribution in [0.4, 0.5) is 0 Å². The van der Waals surface area contributed by atoms with Gasteiger partial charge in [0.2, 0.25) is 0 Å².